The SMILES string of the molecule is CCC[C@H](C(=O)NC(C)(C)C)N(C(=O)Cn1nnc(-c2ccc(OC)c(OC)c2)n1)c1cccc(F)c1. The maximum absolute atomic E-state index is 14.1. The summed E-state index contributed by atoms with van der Waals surface area (Å²) in [6.45, 7) is 7.19. The summed E-state index contributed by atoms with van der Waals surface area (Å²) in [4.78, 5) is 29.3. The van der Waals surface area contributed by atoms with E-state index in [0.29, 0.717) is 29.9 Å². The first-order valence-corrected chi connectivity index (χ1v) is 12.0. The van der Waals surface area contributed by atoms with Crippen molar-refractivity contribution in [2.45, 2.75) is 58.7 Å². The van der Waals surface area contributed by atoms with Crippen molar-refractivity contribution in [3.63, 3.8) is 0 Å². The van der Waals surface area contributed by atoms with Gasteiger partial charge in [-0.25, -0.2) is 4.39 Å². The molecule has 37 heavy (non-hydrogen) atoms. The Kier molecular flexibility index (Phi) is 8.80. The maximum Gasteiger partial charge on any atom is 0.251 e. The topological polar surface area (TPSA) is 111 Å². The number of hydrogen-bond donors (Lipinski definition) is 1. The fourth-order valence-electron chi connectivity index (χ4n) is 3.83. The van der Waals surface area contributed by atoms with E-state index in [1.54, 1.807) is 24.3 Å². The second kappa shape index (κ2) is 11.8. The second-order valence-corrected chi connectivity index (χ2v) is 9.50. The molecule has 0 aliphatic carbocycles. The highest BCUT2D eigenvalue weighted by atomic mass is 19.1. The Morgan fingerprint density at radius 3 is 2.46 bits per heavy atom. The molecule has 0 unspecified atom stereocenters. The minimum absolute atomic E-state index is 0.271. The summed E-state index contributed by atoms with van der Waals surface area (Å²) < 4.78 is 24.7. The summed E-state index contributed by atoms with van der Waals surface area (Å²) in [6.07, 6.45) is 1.01. The zero-order chi connectivity index (χ0) is 27.2. The molecule has 1 atom stereocenters. The molecule has 0 radical (unpaired) electrons. The number of methoxy groups -OCH3 is 2. The van der Waals surface area contributed by atoms with Gasteiger partial charge in [-0.15, -0.1) is 10.2 Å². The van der Waals surface area contributed by atoms with Crippen molar-refractivity contribution in [2.24, 2.45) is 0 Å². The van der Waals surface area contributed by atoms with Crippen molar-refractivity contribution in [3.8, 4) is 22.9 Å². The second-order valence-electron chi connectivity index (χ2n) is 9.50. The normalized spacial score (nSPS) is 12.1. The van der Waals surface area contributed by atoms with Gasteiger partial charge in [-0.2, -0.15) is 4.80 Å². The number of amides is 2. The van der Waals surface area contributed by atoms with E-state index in [4.69, 9.17) is 9.47 Å². The van der Waals surface area contributed by atoms with Gasteiger partial charge in [0.05, 0.1) is 14.2 Å². The molecule has 11 heteroatoms. The molecule has 0 spiro atoms. The summed E-state index contributed by atoms with van der Waals surface area (Å²) in [7, 11) is 3.06. The van der Waals surface area contributed by atoms with Gasteiger partial charge >= 0.3 is 0 Å². The largest absolute Gasteiger partial charge is 0.493 e. The van der Waals surface area contributed by atoms with E-state index in [2.05, 4.69) is 20.7 Å². The molecule has 1 N–H and O–H groups in total. The highest BCUT2D eigenvalue weighted by Gasteiger charge is 2.33. The Bertz CT molecular complexity index is 1240. The lowest BCUT2D eigenvalue weighted by Crippen LogP contribution is -2.54. The molecule has 1 heterocycles. The van der Waals surface area contributed by atoms with Crippen LogP contribution in [0.15, 0.2) is 42.5 Å². The minimum atomic E-state index is -0.854. The predicted octanol–water partition coefficient (Wildman–Crippen LogP) is 3.61. The van der Waals surface area contributed by atoms with Crippen LogP contribution in [0.4, 0.5) is 10.1 Å². The Labute approximate surface area is 215 Å². The van der Waals surface area contributed by atoms with E-state index in [1.807, 2.05) is 27.7 Å². The third-order valence-electron chi connectivity index (χ3n) is 5.40. The molecule has 3 rings (SSSR count). The fourth-order valence-corrected chi connectivity index (χ4v) is 3.83. The van der Waals surface area contributed by atoms with Crippen LogP contribution in [0.5, 0.6) is 11.5 Å². The van der Waals surface area contributed by atoms with Crippen molar-refractivity contribution in [1.82, 2.24) is 25.5 Å². The van der Waals surface area contributed by atoms with E-state index < -0.39 is 23.3 Å². The van der Waals surface area contributed by atoms with Gasteiger partial charge < -0.3 is 14.8 Å². The number of carbonyl (C=O) groups excluding carboxylic acids is 2. The van der Waals surface area contributed by atoms with Crippen LogP contribution < -0.4 is 19.7 Å². The van der Waals surface area contributed by atoms with Crippen LogP contribution in [0.2, 0.25) is 0 Å². The Balaban J connectivity index is 1.92. The van der Waals surface area contributed by atoms with Crippen LogP contribution in [-0.4, -0.2) is 57.8 Å². The minimum Gasteiger partial charge on any atom is -0.493 e. The molecular weight excluding hydrogens is 479 g/mol. The number of aromatic nitrogens is 4. The van der Waals surface area contributed by atoms with Crippen molar-refractivity contribution in [1.29, 1.82) is 0 Å². The first kappa shape index (κ1) is 27.6. The number of halogens is 1. The predicted molar refractivity (Wildman–Crippen MR) is 137 cm³/mol. The first-order valence-electron chi connectivity index (χ1n) is 12.0. The molecule has 2 aromatic carbocycles. The Morgan fingerprint density at radius 1 is 1.11 bits per heavy atom. The number of tetrazole rings is 1. The zero-order valence-corrected chi connectivity index (χ0v) is 22.0. The summed E-state index contributed by atoms with van der Waals surface area (Å²) in [5.41, 5.74) is 0.376. The fraction of sp³-hybridized carbons (Fsp3) is 0.423. The van der Waals surface area contributed by atoms with Crippen molar-refractivity contribution in [3.05, 3.63) is 48.3 Å². The van der Waals surface area contributed by atoms with Crippen LogP contribution in [0.1, 0.15) is 40.5 Å². The number of carbonyl (C=O) groups is 2. The van der Waals surface area contributed by atoms with Crippen LogP contribution in [0.25, 0.3) is 11.4 Å². The smallest absolute Gasteiger partial charge is 0.251 e. The standard InChI is InChI=1S/C26H33FN6O4/c1-7-9-20(25(35)28-26(2,3)4)33(19-11-8-10-18(27)15-19)23(34)16-32-30-24(29-31-32)17-12-13-21(36-5)22(14-17)37-6/h8,10-15,20H,7,9,16H2,1-6H3,(H,28,35)/t20-/m1/s1. The van der Waals surface area contributed by atoms with Crippen molar-refractivity contribution < 1.29 is 23.5 Å². The van der Waals surface area contributed by atoms with E-state index in [-0.39, 0.29) is 24.0 Å². The number of rotatable bonds is 10. The molecule has 198 valence electrons. The highest BCUT2D eigenvalue weighted by molar-refractivity contribution is 6.00. The number of ether oxygens (including phenoxy) is 2. The number of anilines is 1. The van der Waals surface area contributed by atoms with E-state index >= 15 is 0 Å². The van der Waals surface area contributed by atoms with Crippen LogP contribution in [0, 0.1) is 5.82 Å². The average Bonchev–Trinajstić information content (AvgIpc) is 3.30. The van der Waals surface area contributed by atoms with Gasteiger partial charge in [-0.05, 0) is 68.8 Å². The Morgan fingerprint density at radius 2 is 1.84 bits per heavy atom. The molecule has 0 aliphatic rings. The van der Waals surface area contributed by atoms with Crippen LogP contribution in [0.3, 0.4) is 0 Å². The van der Waals surface area contributed by atoms with Crippen LogP contribution >= 0.6 is 0 Å². The van der Waals surface area contributed by atoms with Crippen molar-refractivity contribution in [2.75, 3.05) is 19.1 Å². The van der Waals surface area contributed by atoms with E-state index in [9.17, 15) is 14.0 Å². The third kappa shape index (κ3) is 7.02. The van der Waals surface area contributed by atoms with Gasteiger partial charge in [0.25, 0.3) is 5.91 Å². The molecular formula is C26H33FN6O4. The number of nitrogens with zero attached hydrogens (tertiary/aromatic N) is 5. The number of benzene rings is 2. The molecule has 0 bridgehead atoms. The van der Waals surface area contributed by atoms with Gasteiger partial charge in [0.15, 0.2) is 11.5 Å². The van der Waals surface area contributed by atoms with Gasteiger partial charge in [0.1, 0.15) is 18.4 Å². The molecule has 0 saturated carbocycles. The molecule has 2 amide bonds. The quantitative estimate of drug-likeness (QED) is 0.442. The summed E-state index contributed by atoms with van der Waals surface area (Å²) in [5, 5.41) is 15.3. The molecule has 1 aromatic heterocycles. The summed E-state index contributed by atoms with van der Waals surface area (Å²) in [6, 6.07) is 9.92. The summed E-state index contributed by atoms with van der Waals surface area (Å²) >= 11 is 0. The van der Waals surface area contributed by atoms with Gasteiger partial charge in [0, 0.05) is 16.8 Å². The zero-order valence-electron chi connectivity index (χ0n) is 22.0. The third-order valence-corrected chi connectivity index (χ3v) is 5.40. The monoisotopic (exact) mass is 512 g/mol. The molecule has 0 fully saturated rings. The Hall–Kier alpha value is -4.02. The highest BCUT2D eigenvalue weighted by Crippen LogP contribution is 2.30. The lowest BCUT2D eigenvalue weighted by atomic mass is 10.0. The lowest BCUT2D eigenvalue weighted by molar-refractivity contribution is -0.128. The summed E-state index contributed by atoms with van der Waals surface area (Å²) in [5.74, 6) is -0.000957. The lowest BCUT2D eigenvalue weighted by Gasteiger charge is -2.33. The molecule has 10 nitrogen and oxygen atoms in total. The van der Waals surface area contributed by atoms with Crippen LogP contribution in [-0.2, 0) is 16.1 Å². The molecule has 3 aromatic rings. The van der Waals surface area contributed by atoms with Gasteiger partial charge in [0.2, 0.25) is 11.7 Å². The average molecular weight is 513 g/mol. The number of hydrogen-bond acceptors (Lipinski definition) is 7. The van der Waals surface area contributed by atoms with E-state index in [0.717, 1.165) is 4.80 Å². The molecule has 0 saturated heterocycles. The van der Waals surface area contributed by atoms with Crippen molar-refractivity contribution >= 4 is 17.5 Å². The maximum atomic E-state index is 14.1. The molecule has 0 aliphatic heterocycles. The van der Waals surface area contributed by atoms with Gasteiger partial charge in [-0.1, -0.05) is 19.4 Å². The van der Waals surface area contributed by atoms with Gasteiger partial charge in [-0.3, -0.25) is 14.5 Å². The van der Waals surface area contributed by atoms with E-state index in [1.165, 1.54) is 37.3 Å². The first-order chi connectivity index (χ1) is 17.6. The number of nitrogens with one attached hydrogen (secondary N) is 1.